The van der Waals surface area contributed by atoms with Crippen molar-refractivity contribution in [2.75, 3.05) is 167 Å². The number of piperazine rings is 3. The fourth-order valence-corrected chi connectivity index (χ4v) is 13.9. The number of hydrogen-bond donors (Lipinski definition) is 0. The molecule has 0 spiro atoms. The number of rotatable bonds is 4. The van der Waals surface area contributed by atoms with Gasteiger partial charge < -0.3 is 19.6 Å². The van der Waals surface area contributed by atoms with Gasteiger partial charge in [-0.15, -0.1) is 0 Å². The Morgan fingerprint density at radius 3 is 1.40 bits per heavy atom. The number of nitrogens with zero attached hydrogens (tertiary/aromatic N) is 12. The van der Waals surface area contributed by atoms with E-state index in [9.17, 15) is 0 Å². The molecule has 7 unspecified atom stereocenters. The highest BCUT2D eigenvalue weighted by atomic mass is 15.4. The second kappa shape index (κ2) is 30.4. The third-order valence-corrected chi connectivity index (χ3v) is 19.6. The fraction of sp³-hybridized carbons (Fsp3) is 1.00. The molecule has 9 aliphatic rings. The summed E-state index contributed by atoms with van der Waals surface area (Å²) in [5.41, 5.74) is 1.79. The molecule has 0 aliphatic carbocycles. The standard InChI is InChI=1S/C12H24N2.C12H26N2.C11H22N2.C11H24N2.C10H20N2.C9H20N2/c1-12(2,3)14-9-8-13-7-5-4-6-11(13)10-14;1-10-7-14(12(2,3)4)9-11(10)8-13(5)6;1-11(2,3)13-8-7-12-6-4-5-10(12)9-13;1-11(2,3)13-8-6-7-10(9-13)12(4)5;1-10(2,3)12-7-8-5-9(12)6-11(8)4;1-9(2)11-6-4-5-10(3)7-8-11/h11H,4-10H2,1-3H3;10-11H,7-9H2,1-6H3;10H,4-9H2,1-3H3;10H,6-9H2,1-5H3;8-9H,5-7H2,1-4H3;9H,4-8H2,1-3H3. The molecule has 9 aliphatic heterocycles. The van der Waals surface area contributed by atoms with Gasteiger partial charge in [0.1, 0.15) is 0 Å². The number of piperidine rings is 2. The van der Waals surface area contributed by atoms with Gasteiger partial charge in [-0.05, 0) is 256 Å². The van der Waals surface area contributed by atoms with Gasteiger partial charge in [-0.25, -0.2) is 0 Å². The van der Waals surface area contributed by atoms with Crippen LogP contribution in [0, 0.1) is 11.8 Å². The van der Waals surface area contributed by atoms with E-state index in [2.05, 4.69) is 226 Å². The molecule has 7 atom stereocenters. The maximum atomic E-state index is 2.70. The summed E-state index contributed by atoms with van der Waals surface area (Å²) in [6.45, 7) is 66.1. The summed E-state index contributed by atoms with van der Waals surface area (Å²) in [7, 11) is 13.2. The van der Waals surface area contributed by atoms with Crippen LogP contribution in [0.15, 0.2) is 0 Å². The zero-order chi connectivity index (χ0) is 57.8. The van der Waals surface area contributed by atoms with Gasteiger partial charge in [-0.1, -0.05) is 13.3 Å². The van der Waals surface area contributed by atoms with Crippen LogP contribution in [0.25, 0.3) is 0 Å². The van der Waals surface area contributed by atoms with Crippen LogP contribution in [0.4, 0.5) is 0 Å². The molecule has 0 aromatic carbocycles. The monoisotopic (exact) mass is 1090 g/mol. The van der Waals surface area contributed by atoms with Crippen molar-refractivity contribution in [3.8, 4) is 0 Å². The Hall–Kier alpha value is -0.480. The lowest BCUT2D eigenvalue weighted by atomic mass is 9.96. The van der Waals surface area contributed by atoms with Gasteiger partial charge in [0, 0.05) is 156 Å². The first-order valence-electron chi connectivity index (χ1n) is 32.2. The van der Waals surface area contributed by atoms with E-state index in [0.717, 1.165) is 48.1 Å². The van der Waals surface area contributed by atoms with E-state index < -0.39 is 0 Å². The first-order chi connectivity index (χ1) is 35.5. The zero-order valence-electron chi connectivity index (χ0n) is 56.3. The van der Waals surface area contributed by atoms with Crippen LogP contribution >= 0.6 is 0 Å². The van der Waals surface area contributed by atoms with Crippen molar-refractivity contribution in [2.45, 2.75) is 246 Å². The Balaban J connectivity index is 0.000000200. The summed E-state index contributed by atoms with van der Waals surface area (Å²) in [4.78, 5) is 30.7. The quantitative estimate of drug-likeness (QED) is 0.270. The number of hydrogen-bond acceptors (Lipinski definition) is 12. The molecule has 12 heteroatoms. The molecule has 9 heterocycles. The van der Waals surface area contributed by atoms with Crippen molar-refractivity contribution < 1.29 is 0 Å². The van der Waals surface area contributed by atoms with E-state index >= 15 is 0 Å². The van der Waals surface area contributed by atoms with E-state index in [0.29, 0.717) is 27.7 Å². The molecular formula is C65H136N12. The highest BCUT2D eigenvalue weighted by Crippen LogP contribution is 2.35. The second-order valence-electron chi connectivity index (χ2n) is 31.8. The molecule has 0 amide bonds. The van der Waals surface area contributed by atoms with Crippen LogP contribution in [0.2, 0.25) is 0 Å². The van der Waals surface area contributed by atoms with Crippen LogP contribution in [0.3, 0.4) is 0 Å². The van der Waals surface area contributed by atoms with Gasteiger partial charge in [-0.3, -0.25) is 39.2 Å². The highest BCUT2D eigenvalue weighted by Gasteiger charge is 2.45. The molecule has 0 aromatic rings. The molecule has 12 nitrogen and oxygen atoms in total. The van der Waals surface area contributed by atoms with Crippen molar-refractivity contribution in [3.63, 3.8) is 0 Å². The predicted octanol–water partition coefficient (Wildman–Crippen LogP) is 9.45. The van der Waals surface area contributed by atoms with Gasteiger partial charge in [0.25, 0.3) is 0 Å². The molecule has 9 fully saturated rings. The maximum absolute atomic E-state index is 2.70. The molecule has 0 N–H and O–H groups in total. The maximum Gasteiger partial charge on any atom is 0.0244 e. The normalized spacial score (nSPS) is 30.5. The summed E-state index contributed by atoms with van der Waals surface area (Å²) in [5.74, 6) is 1.70. The smallest absolute Gasteiger partial charge is 0.0244 e. The Bertz CT molecular complexity index is 1600. The Labute approximate surface area is 481 Å². The highest BCUT2D eigenvalue weighted by molar-refractivity contribution is 5.02. The van der Waals surface area contributed by atoms with E-state index in [4.69, 9.17) is 0 Å². The van der Waals surface area contributed by atoms with Crippen LogP contribution in [-0.2, 0) is 0 Å². The van der Waals surface area contributed by atoms with Crippen LogP contribution in [0.5, 0.6) is 0 Å². The lowest BCUT2D eigenvalue weighted by molar-refractivity contribution is 0.00573. The van der Waals surface area contributed by atoms with E-state index in [1.165, 1.54) is 182 Å². The van der Waals surface area contributed by atoms with E-state index in [-0.39, 0.29) is 0 Å². The van der Waals surface area contributed by atoms with Crippen molar-refractivity contribution in [1.82, 2.24) is 58.8 Å². The number of likely N-dealkylation sites (tertiary alicyclic amines) is 4. The van der Waals surface area contributed by atoms with Crippen molar-refractivity contribution >= 4 is 0 Å². The van der Waals surface area contributed by atoms with E-state index in [1.54, 1.807) is 0 Å². The zero-order valence-corrected chi connectivity index (χ0v) is 56.3. The molecule has 9 saturated heterocycles. The van der Waals surface area contributed by atoms with Crippen LogP contribution in [-0.4, -0.2) is 289 Å². The minimum Gasteiger partial charge on any atom is -0.309 e. The van der Waals surface area contributed by atoms with Gasteiger partial charge in [0.05, 0.1) is 0 Å². The summed E-state index contributed by atoms with van der Waals surface area (Å²) in [6.07, 6.45) is 12.6. The topological polar surface area (TPSA) is 38.9 Å². The third-order valence-electron chi connectivity index (χ3n) is 19.6. The minimum atomic E-state index is 0.342. The first-order valence-corrected chi connectivity index (χ1v) is 32.2. The Morgan fingerprint density at radius 2 is 0.948 bits per heavy atom. The minimum absolute atomic E-state index is 0.342. The average molecular weight is 1090 g/mol. The average Bonchev–Trinajstić information content (AvgIpc) is 4.12. The van der Waals surface area contributed by atoms with E-state index in [1.807, 2.05) is 0 Å². The molecule has 456 valence electrons. The number of likely N-dealkylation sites (N-methyl/N-ethyl adjacent to an activating group) is 3. The SMILES string of the molecule is CC(C)(C)N1CCN2CCCC2C1.CC(C)(C)N1CCN2CCCCC2C1.CC(C)N1CCCN(C)CC1.CC1CN(C(C)(C)C)CC1CN(C)C.CN(C)C1CCCN(C(C)(C)C)C1.CN1CC2CC1CN2C(C)(C)C. The van der Waals surface area contributed by atoms with Gasteiger partial charge in [0.15, 0.2) is 0 Å². The largest absolute Gasteiger partial charge is 0.309 e. The van der Waals surface area contributed by atoms with Crippen molar-refractivity contribution in [2.24, 2.45) is 11.8 Å². The first kappa shape index (κ1) is 69.0. The molecule has 2 bridgehead atoms. The Morgan fingerprint density at radius 1 is 0.429 bits per heavy atom. The van der Waals surface area contributed by atoms with Crippen LogP contribution < -0.4 is 0 Å². The second-order valence-corrected chi connectivity index (χ2v) is 31.8. The summed E-state index contributed by atoms with van der Waals surface area (Å²) < 4.78 is 0. The van der Waals surface area contributed by atoms with Crippen molar-refractivity contribution in [1.29, 1.82) is 0 Å². The fourth-order valence-electron chi connectivity index (χ4n) is 13.9. The summed E-state index contributed by atoms with van der Waals surface area (Å²) in [6, 6.07) is 4.88. The Kier molecular flexibility index (Phi) is 27.2. The van der Waals surface area contributed by atoms with Crippen molar-refractivity contribution in [3.05, 3.63) is 0 Å². The molecule has 0 saturated carbocycles. The predicted molar refractivity (Wildman–Crippen MR) is 337 cm³/mol. The number of fused-ring (bicyclic) bond motifs is 4. The lowest BCUT2D eigenvalue weighted by Gasteiger charge is -2.48. The molecular weight excluding hydrogens is 949 g/mol. The van der Waals surface area contributed by atoms with Crippen LogP contribution in [0.1, 0.15) is 182 Å². The molecule has 0 radical (unpaired) electrons. The summed E-state index contributed by atoms with van der Waals surface area (Å²) >= 11 is 0. The molecule has 0 aromatic heterocycles. The molecule has 77 heavy (non-hydrogen) atoms. The third kappa shape index (κ3) is 22.9. The van der Waals surface area contributed by atoms with Gasteiger partial charge in [-0.2, -0.15) is 0 Å². The van der Waals surface area contributed by atoms with Gasteiger partial charge >= 0.3 is 0 Å². The molecule has 9 rings (SSSR count). The summed E-state index contributed by atoms with van der Waals surface area (Å²) in [5, 5.41) is 0. The lowest BCUT2D eigenvalue weighted by Crippen LogP contribution is -2.59. The van der Waals surface area contributed by atoms with Gasteiger partial charge in [0.2, 0.25) is 0 Å².